The minimum absolute atomic E-state index is 0.0670. The van der Waals surface area contributed by atoms with Crippen molar-refractivity contribution in [3.63, 3.8) is 0 Å². The maximum atomic E-state index is 10.9. The molecule has 1 aromatic rings. The number of rotatable bonds is 3. The lowest BCUT2D eigenvalue weighted by atomic mass is 9.84. The van der Waals surface area contributed by atoms with Crippen molar-refractivity contribution >= 4 is 0 Å². The number of nitrogens with one attached hydrogen (secondary N) is 1. The van der Waals surface area contributed by atoms with Gasteiger partial charge in [0.1, 0.15) is 5.60 Å². The Balaban J connectivity index is 2.23. The lowest BCUT2D eigenvalue weighted by Gasteiger charge is -2.35. The highest BCUT2D eigenvalue weighted by Crippen LogP contribution is 2.28. The minimum Gasteiger partial charge on any atom is -0.382 e. The quantitative estimate of drug-likeness (QED) is 0.740. The third-order valence-corrected chi connectivity index (χ3v) is 3.72. The van der Waals surface area contributed by atoms with Gasteiger partial charge in [-0.1, -0.05) is 43.2 Å². The normalized spacial score (nSPS) is 24.9. The third kappa shape index (κ3) is 2.68. The first-order chi connectivity index (χ1) is 8.27. The monoisotopic (exact) mass is 234 g/mol. The largest absolute Gasteiger partial charge is 0.382 e. The van der Waals surface area contributed by atoms with Gasteiger partial charge in [-0.05, 0) is 24.9 Å². The second-order valence-electron chi connectivity index (χ2n) is 4.85. The van der Waals surface area contributed by atoms with Crippen LogP contribution >= 0.6 is 0 Å². The average Bonchev–Trinajstić information content (AvgIpc) is 2.68. The molecule has 1 saturated heterocycles. The van der Waals surface area contributed by atoms with E-state index in [0.29, 0.717) is 0 Å². The number of hydrogen-bond donors (Lipinski definition) is 3. The Bertz CT molecular complexity index is 333. The van der Waals surface area contributed by atoms with Crippen LogP contribution in [0, 0.1) is 0 Å². The van der Waals surface area contributed by atoms with Crippen LogP contribution in [-0.4, -0.2) is 24.2 Å². The van der Waals surface area contributed by atoms with Crippen LogP contribution in [0.2, 0.25) is 0 Å². The van der Waals surface area contributed by atoms with Gasteiger partial charge in [-0.2, -0.15) is 0 Å². The van der Waals surface area contributed by atoms with E-state index in [1.807, 2.05) is 30.3 Å². The maximum Gasteiger partial charge on any atom is 0.117 e. The molecule has 3 heteroatoms. The van der Waals surface area contributed by atoms with Crippen LogP contribution in [0.4, 0.5) is 0 Å². The SMILES string of the molecule is NCC(O)(c1ccccc1)C1CCCCCN1. The molecule has 0 saturated carbocycles. The van der Waals surface area contributed by atoms with E-state index in [-0.39, 0.29) is 12.6 Å². The van der Waals surface area contributed by atoms with Crippen LogP contribution in [-0.2, 0) is 5.60 Å². The molecular weight excluding hydrogens is 212 g/mol. The number of benzene rings is 1. The molecular formula is C14H22N2O. The summed E-state index contributed by atoms with van der Waals surface area (Å²) in [6.45, 7) is 1.23. The molecule has 0 aromatic heterocycles. The smallest absolute Gasteiger partial charge is 0.117 e. The van der Waals surface area contributed by atoms with Gasteiger partial charge < -0.3 is 16.2 Å². The van der Waals surface area contributed by atoms with E-state index in [1.54, 1.807) is 0 Å². The van der Waals surface area contributed by atoms with Crippen molar-refractivity contribution in [3.8, 4) is 0 Å². The van der Waals surface area contributed by atoms with E-state index >= 15 is 0 Å². The Hall–Kier alpha value is -0.900. The van der Waals surface area contributed by atoms with Gasteiger partial charge in [-0.3, -0.25) is 0 Å². The van der Waals surface area contributed by atoms with Crippen molar-refractivity contribution in [3.05, 3.63) is 35.9 Å². The first-order valence-corrected chi connectivity index (χ1v) is 6.49. The fourth-order valence-corrected chi connectivity index (χ4v) is 2.62. The van der Waals surface area contributed by atoms with Crippen molar-refractivity contribution < 1.29 is 5.11 Å². The Morgan fingerprint density at radius 3 is 2.71 bits per heavy atom. The highest BCUT2D eigenvalue weighted by atomic mass is 16.3. The molecule has 0 aliphatic carbocycles. The van der Waals surface area contributed by atoms with Crippen molar-refractivity contribution in [2.24, 2.45) is 5.73 Å². The Morgan fingerprint density at radius 2 is 2.00 bits per heavy atom. The highest BCUT2D eigenvalue weighted by molar-refractivity contribution is 5.25. The molecule has 1 aliphatic heterocycles. The van der Waals surface area contributed by atoms with Crippen molar-refractivity contribution in [1.29, 1.82) is 0 Å². The van der Waals surface area contributed by atoms with Crippen LogP contribution in [0.25, 0.3) is 0 Å². The summed E-state index contributed by atoms with van der Waals surface area (Å²) in [5.41, 5.74) is 5.81. The number of aliphatic hydroxyl groups is 1. The molecule has 2 rings (SSSR count). The molecule has 1 fully saturated rings. The fraction of sp³-hybridized carbons (Fsp3) is 0.571. The van der Waals surface area contributed by atoms with Gasteiger partial charge in [0.05, 0.1) is 0 Å². The average molecular weight is 234 g/mol. The first kappa shape index (κ1) is 12.6. The lowest BCUT2D eigenvalue weighted by Crippen LogP contribution is -2.52. The predicted octanol–water partition coefficient (Wildman–Crippen LogP) is 1.37. The second-order valence-corrected chi connectivity index (χ2v) is 4.85. The summed E-state index contributed by atoms with van der Waals surface area (Å²) < 4.78 is 0. The molecule has 1 aromatic carbocycles. The highest BCUT2D eigenvalue weighted by Gasteiger charge is 2.36. The number of hydrogen-bond acceptors (Lipinski definition) is 3. The van der Waals surface area contributed by atoms with E-state index in [2.05, 4.69) is 5.32 Å². The molecule has 2 atom stereocenters. The summed E-state index contributed by atoms with van der Waals surface area (Å²) in [5, 5.41) is 14.3. The molecule has 0 bridgehead atoms. The number of nitrogens with two attached hydrogens (primary N) is 1. The van der Waals surface area contributed by atoms with Gasteiger partial charge in [0, 0.05) is 12.6 Å². The van der Waals surface area contributed by atoms with Gasteiger partial charge in [-0.15, -0.1) is 0 Å². The zero-order valence-electron chi connectivity index (χ0n) is 10.2. The molecule has 17 heavy (non-hydrogen) atoms. The second kappa shape index (κ2) is 5.63. The predicted molar refractivity (Wildman–Crippen MR) is 69.7 cm³/mol. The van der Waals surface area contributed by atoms with Crippen LogP contribution in [0.5, 0.6) is 0 Å². The summed E-state index contributed by atoms with van der Waals surface area (Å²) >= 11 is 0. The summed E-state index contributed by atoms with van der Waals surface area (Å²) in [5.74, 6) is 0. The van der Waals surface area contributed by atoms with Gasteiger partial charge >= 0.3 is 0 Å². The molecule has 0 radical (unpaired) electrons. The van der Waals surface area contributed by atoms with E-state index < -0.39 is 5.60 Å². The molecule has 0 spiro atoms. The van der Waals surface area contributed by atoms with Crippen LogP contribution in [0.3, 0.4) is 0 Å². The molecule has 1 aliphatic rings. The lowest BCUT2D eigenvalue weighted by molar-refractivity contribution is 0.00368. The summed E-state index contributed by atoms with van der Waals surface area (Å²) in [7, 11) is 0. The van der Waals surface area contributed by atoms with E-state index in [0.717, 1.165) is 24.9 Å². The van der Waals surface area contributed by atoms with Gasteiger partial charge in [0.15, 0.2) is 0 Å². The molecule has 4 N–H and O–H groups in total. The molecule has 3 nitrogen and oxygen atoms in total. The zero-order chi connectivity index (χ0) is 12.1. The minimum atomic E-state index is -0.939. The zero-order valence-corrected chi connectivity index (χ0v) is 10.2. The van der Waals surface area contributed by atoms with E-state index in [1.165, 1.54) is 12.8 Å². The van der Waals surface area contributed by atoms with Gasteiger partial charge in [-0.25, -0.2) is 0 Å². The van der Waals surface area contributed by atoms with Crippen molar-refractivity contribution in [2.75, 3.05) is 13.1 Å². The van der Waals surface area contributed by atoms with Crippen molar-refractivity contribution in [2.45, 2.75) is 37.3 Å². The Kier molecular flexibility index (Phi) is 4.15. The first-order valence-electron chi connectivity index (χ1n) is 6.49. The summed E-state index contributed by atoms with van der Waals surface area (Å²) in [6.07, 6.45) is 4.57. The summed E-state index contributed by atoms with van der Waals surface area (Å²) in [4.78, 5) is 0. The Labute approximate surface area is 103 Å². The molecule has 1 heterocycles. The maximum absolute atomic E-state index is 10.9. The van der Waals surface area contributed by atoms with Crippen LogP contribution in [0.1, 0.15) is 31.2 Å². The third-order valence-electron chi connectivity index (χ3n) is 3.72. The van der Waals surface area contributed by atoms with E-state index in [9.17, 15) is 5.11 Å². The van der Waals surface area contributed by atoms with Crippen molar-refractivity contribution in [1.82, 2.24) is 5.32 Å². The Morgan fingerprint density at radius 1 is 1.24 bits per heavy atom. The van der Waals surface area contributed by atoms with E-state index in [4.69, 9.17) is 5.73 Å². The van der Waals surface area contributed by atoms with Gasteiger partial charge in [0.2, 0.25) is 0 Å². The van der Waals surface area contributed by atoms with Crippen LogP contribution < -0.4 is 11.1 Å². The molecule has 2 unspecified atom stereocenters. The molecule has 0 amide bonds. The van der Waals surface area contributed by atoms with Gasteiger partial charge in [0.25, 0.3) is 0 Å². The van der Waals surface area contributed by atoms with Crippen LogP contribution in [0.15, 0.2) is 30.3 Å². The molecule has 94 valence electrons. The fourth-order valence-electron chi connectivity index (χ4n) is 2.62. The topological polar surface area (TPSA) is 58.3 Å². The summed E-state index contributed by atoms with van der Waals surface area (Å²) in [6, 6.07) is 9.84. The standard InChI is InChI=1S/C14H22N2O/c15-11-14(17,12-7-3-1-4-8-12)13-9-5-2-6-10-16-13/h1,3-4,7-8,13,16-17H,2,5-6,9-11,15H2.